The number of hydrogen-bond donors (Lipinski definition) is 2. The molecule has 0 aromatic heterocycles. The lowest BCUT2D eigenvalue weighted by Crippen LogP contribution is -2.59. The Hall–Kier alpha value is -2.04. The van der Waals surface area contributed by atoms with Crippen molar-refractivity contribution in [3.8, 4) is 5.75 Å². The van der Waals surface area contributed by atoms with Crippen LogP contribution in [0.4, 0.5) is 0 Å². The molecule has 0 radical (unpaired) electrons. The van der Waals surface area contributed by atoms with E-state index in [-0.39, 0.29) is 29.4 Å². The lowest BCUT2D eigenvalue weighted by molar-refractivity contribution is -0.136. The lowest BCUT2D eigenvalue weighted by atomic mass is 9.57. The quantitative estimate of drug-likeness (QED) is 0.869. The van der Waals surface area contributed by atoms with Crippen LogP contribution in [0.15, 0.2) is 30.3 Å². The third-order valence-electron chi connectivity index (χ3n) is 5.29. The van der Waals surface area contributed by atoms with Crippen LogP contribution < -0.4 is 15.8 Å². The fourth-order valence-electron chi connectivity index (χ4n) is 3.74. The largest absolute Gasteiger partial charge is 0.484 e. The molecule has 0 saturated heterocycles. The standard InChI is InChI=1S/C17H22N2O3/c18-15(21)16-6-9-17(10-7-16,11-8-16)19-14(20)12-22-13-4-2-1-3-5-13/h1-5H,6-12H2,(H2,18,21)(H,19,20). The third-order valence-corrected chi connectivity index (χ3v) is 5.29. The summed E-state index contributed by atoms with van der Waals surface area (Å²) in [6, 6.07) is 9.30. The van der Waals surface area contributed by atoms with Crippen molar-refractivity contribution in [1.29, 1.82) is 0 Å². The minimum absolute atomic E-state index is 0.0206. The van der Waals surface area contributed by atoms with Gasteiger partial charge in [0, 0.05) is 11.0 Å². The molecule has 2 amide bonds. The van der Waals surface area contributed by atoms with E-state index in [1.54, 1.807) is 0 Å². The molecule has 22 heavy (non-hydrogen) atoms. The number of rotatable bonds is 5. The molecule has 2 bridgehead atoms. The molecule has 1 aromatic carbocycles. The topological polar surface area (TPSA) is 81.4 Å². The Labute approximate surface area is 130 Å². The first kappa shape index (κ1) is 14.9. The Balaban J connectivity index is 1.54. The minimum Gasteiger partial charge on any atom is -0.484 e. The minimum atomic E-state index is -0.326. The number of benzene rings is 1. The number of amides is 2. The number of fused-ring (bicyclic) bond motifs is 3. The Morgan fingerprint density at radius 1 is 1.05 bits per heavy atom. The van der Waals surface area contributed by atoms with Gasteiger partial charge in [0.05, 0.1) is 0 Å². The molecular formula is C17H22N2O3. The summed E-state index contributed by atoms with van der Waals surface area (Å²) < 4.78 is 5.48. The van der Waals surface area contributed by atoms with Gasteiger partial charge in [0.15, 0.2) is 6.61 Å². The average Bonchev–Trinajstić information content (AvgIpc) is 2.55. The van der Waals surface area contributed by atoms with E-state index < -0.39 is 0 Å². The average molecular weight is 302 g/mol. The number of para-hydroxylation sites is 1. The molecule has 0 unspecified atom stereocenters. The van der Waals surface area contributed by atoms with Gasteiger partial charge in [0.2, 0.25) is 5.91 Å². The number of carbonyl (C=O) groups is 2. The van der Waals surface area contributed by atoms with Gasteiger partial charge in [-0.3, -0.25) is 9.59 Å². The number of ether oxygens (including phenoxy) is 1. The van der Waals surface area contributed by atoms with E-state index in [2.05, 4.69) is 5.32 Å². The van der Waals surface area contributed by atoms with Crippen LogP contribution in [0.25, 0.3) is 0 Å². The fraction of sp³-hybridized carbons (Fsp3) is 0.529. The van der Waals surface area contributed by atoms with Crippen molar-refractivity contribution in [2.45, 2.75) is 44.1 Å². The highest BCUT2D eigenvalue weighted by atomic mass is 16.5. The molecule has 3 aliphatic rings. The maximum Gasteiger partial charge on any atom is 0.258 e. The van der Waals surface area contributed by atoms with Crippen LogP contribution in [0.3, 0.4) is 0 Å². The molecule has 4 rings (SSSR count). The second-order valence-electron chi connectivity index (χ2n) is 6.57. The molecule has 0 atom stereocenters. The second-order valence-corrected chi connectivity index (χ2v) is 6.57. The highest BCUT2D eigenvalue weighted by molar-refractivity contribution is 5.82. The van der Waals surface area contributed by atoms with Crippen molar-refractivity contribution in [2.24, 2.45) is 11.1 Å². The zero-order valence-corrected chi connectivity index (χ0v) is 12.6. The molecule has 0 heterocycles. The molecule has 3 aliphatic carbocycles. The van der Waals surface area contributed by atoms with Gasteiger partial charge in [0.25, 0.3) is 5.91 Å². The second kappa shape index (κ2) is 5.63. The molecule has 3 fully saturated rings. The van der Waals surface area contributed by atoms with Crippen LogP contribution in [-0.2, 0) is 9.59 Å². The summed E-state index contributed by atoms with van der Waals surface area (Å²) in [7, 11) is 0. The molecule has 1 aromatic rings. The highest BCUT2D eigenvalue weighted by Gasteiger charge is 2.52. The summed E-state index contributed by atoms with van der Waals surface area (Å²) in [6.07, 6.45) is 4.82. The van der Waals surface area contributed by atoms with Gasteiger partial charge >= 0.3 is 0 Å². The molecule has 0 spiro atoms. The predicted octanol–water partition coefficient (Wildman–Crippen LogP) is 1.76. The highest BCUT2D eigenvalue weighted by Crippen LogP contribution is 2.52. The van der Waals surface area contributed by atoms with Crippen molar-refractivity contribution in [1.82, 2.24) is 5.32 Å². The monoisotopic (exact) mass is 302 g/mol. The van der Waals surface area contributed by atoms with Crippen LogP contribution in [0.1, 0.15) is 38.5 Å². The molecule has 118 valence electrons. The number of nitrogens with two attached hydrogens (primary N) is 1. The Morgan fingerprint density at radius 3 is 2.18 bits per heavy atom. The number of primary amides is 1. The van der Waals surface area contributed by atoms with Crippen molar-refractivity contribution in [3.63, 3.8) is 0 Å². The van der Waals surface area contributed by atoms with E-state index in [1.165, 1.54) is 0 Å². The normalized spacial score (nSPS) is 29.8. The van der Waals surface area contributed by atoms with E-state index in [9.17, 15) is 9.59 Å². The Morgan fingerprint density at radius 2 is 1.64 bits per heavy atom. The van der Waals surface area contributed by atoms with E-state index in [0.717, 1.165) is 38.5 Å². The van der Waals surface area contributed by atoms with Crippen molar-refractivity contribution in [3.05, 3.63) is 30.3 Å². The van der Waals surface area contributed by atoms with Gasteiger partial charge in [-0.15, -0.1) is 0 Å². The van der Waals surface area contributed by atoms with E-state index in [1.807, 2.05) is 30.3 Å². The van der Waals surface area contributed by atoms with Gasteiger partial charge in [0.1, 0.15) is 5.75 Å². The summed E-state index contributed by atoms with van der Waals surface area (Å²) in [5.74, 6) is 0.409. The van der Waals surface area contributed by atoms with Crippen LogP contribution >= 0.6 is 0 Å². The summed E-state index contributed by atoms with van der Waals surface area (Å²) in [5, 5.41) is 3.13. The zero-order valence-electron chi connectivity index (χ0n) is 12.6. The van der Waals surface area contributed by atoms with Gasteiger partial charge in [-0.25, -0.2) is 0 Å². The van der Waals surface area contributed by atoms with E-state index in [4.69, 9.17) is 10.5 Å². The van der Waals surface area contributed by atoms with Gasteiger partial charge < -0.3 is 15.8 Å². The molecule has 3 N–H and O–H groups in total. The number of hydrogen-bond acceptors (Lipinski definition) is 3. The van der Waals surface area contributed by atoms with Crippen LogP contribution in [-0.4, -0.2) is 24.0 Å². The zero-order chi connectivity index (χ0) is 15.6. The summed E-state index contributed by atoms with van der Waals surface area (Å²) in [6.45, 7) is 0.0206. The van der Waals surface area contributed by atoms with Crippen molar-refractivity contribution in [2.75, 3.05) is 6.61 Å². The van der Waals surface area contributed by atoms with Crippen molar-refractivity contribution >= 4 is 11.8 Å². The van der Waals surface area contributed by atoms with Gasteiger partial charge in [-0.1, -0.05) is 18.2 Å². The maximum atomic E-state index is 12.2. The molecule has 5 nitrogen and oxygen atoms in total. The predicted molar refractivity (Wildman–Crippen MR) is 82.1 cm³/mol. The SMILES string of the molecule is NC(=O)C12CCC(NC(=O)COc3ccccc3)(CC1)CC2. The molecule has 0 aliphatic heterocycles. The lowest BCUT2D eigenvalue weighted by Gasteiger charge is -2.52. The fourth-order valence-corrected chi connectivity index (χ4v) is 3.74. The van der Waals surface area contributed by atoms with Crippen LogP contribution in [0.5, 0.6) is 5.75 Å². The summed E-state index contributed by atoms with van der Waals surface area (Å²) >= 11 is 0. The molecule has 5 heteroatoms. The van der Waals surface area contributed by atoms with Gasteiger partial charge in [-0.2, -0.15) is 0 Å². The van der Waals surface area contributed by atoms with Crippen molar-refractivity contribution < 1.29 is 14.3 Å². The number of carbonyl (C=O) groups excluding carboxylic acids is 2. The third kappa shape index (κ3) is 2.80. The first-order valence-electron chi connectivity index (χ1n) is 7.83. The van der Waals surface area contributed by atoms with Crippen LogP contribution in [0, 0.1) is 5.41 Å². The van der Waals surface area contributed by atoms with Gasteiger partial charge in [-0.05, 0) is 50.7 Å². The summed E-state index contributed by atoms with van der Waals surface area (Å²) in [4.78, 5) is 23.8. The first-order chi connectivity index (χ1) is 10.5. The Bertz CT molecular complexity index is 546. The molecular weight excluding hydrogens is 280 g/mol. The van der Waals surface area contributed by atoms with E-state index >= 15 is 0 Å². The molecule has 3 saturated carbocycles. The van der Waals surface area contributed by atoms with E-state index in [0.29, 0.717) is 5.75 Å². The number of nitrogens with one attached hydrogen (secondary N) is 1. The smallest absolute Gasteiger partial charge is 0.258 e. The van der Waals surface area contributed by atoms with Crippen LogP contribution in [0.2, 0.25) is 0 Å². The first-order valence-corrected chi connectivity index (χ1v) is 7.83. The maximum absolute atomic E-state index is 12.2. The Kier molecular flexibility index (Phi) is 3.81. The summed E-state index contributed by atoms with van der Waals surface area (Å²) in [5.41, 5.74) is 5.05.